The minimum atomic E-state index is 0.774. The summed E-state index contributed by atoms with van der Waals surface area (Å²) in [5.41, 5.74) is 17.0. The Morgan fingerprint density at radius 3 is 1.32 bits per heavy atom. The van der Waals surface area contributed by atoms with Crippen LogP contribution in [0, 0.1) is 0 Å². The zero-order valence-electron chi connectivity index (χ0n) is 30.3. The van der Waals surface area contributed by atoms with Crippen molar-refractivity contribution in [1.82, 2.24) is 19.9 Å². The molecule has 1 aliphatic carbocycles. The molecule has 0 saturated carbocycles. The molecule has 1 aliphatic rings. The lowest BCUT2D eigenvalue weighted by atomic mass is 9.82. The van der Waals surface area contributed by atoms with E-state index < -0.39 is 0 Å². The summed E-state index contributed by atoms with van der Waals surface area (Å²) in [6, 6.07) is 64.3. The lowest BCUT2D eigenvalue weighted by Gasteiger charge is -2.20. The Balaban J connectivity index is 1.19. The largest absolute Gasteiger partial charge is 0.255 e. The van der Waals surface area contributed by atoms with E-state index in [0.29, 0.717) is 0 Å². The monoisotopic (exact) mass is 712 g/mol. The van der Waals surface area contributed by atoms with Crippen molar-refractivity contribution in [2.24, 2.45) is 0 Å². The van der Waals surface area contributed by atoms with Crippen molar-refractivity contribution in [2.75, 3.05) is 0 Å². The highest BCUT2D eigenvalue weighted by Gasteiger charge is 2.31. The highest BCUT2D eigenvalue weighted by molar-refractivity contribution is 6.28. The lowest BCUT2D eigenvalue weighted by Crippen LogP contribution is -1.96. The first-order valence-electron chi connectivity index (χ1n) is 18.9. The molecule has 4 heteroatoms. The van der Waals surface area contributed by atoms with E-state index in [2.05, 4.69) is 132 Å². The highest BCUT2D eigenvalue weighted by Crippen LogP contribution is 2.58. The minimum absolute atomic E-state index is 0.774. The predicted octanol–water partition coefficient (Wildman–Crippen LogP) is 13.2. The number of pyridine rings is 4. The standard InChI is InChI=1S/C52H32N4/c1-3-15-33(16-4-1)48-38-19-7-8-20-39(38)49(34-17-5-2-6-18-34)52-41-28-27-36(37-21-13-22-40(50(37)41)51(48)52)35-31-46(43-24-10-12-30-54-43)56-47(32-35)45-26-14-25-44(55-45)42-23-9-11-29-53-42/h1-32H. The van der Waals surface area contributed by atoms with Gasteiger partial charge in [0.1, 0.15) is 0 Å². The van der Waals surface area contributed by atoms with E-state index in [1.807, 2.05) is 60.8 Å². The Hall–Kier alpha value is -7.56. The van der Waals surface area contributed by atoms with Crippen molar-refractivity contribution in [1.29, 1.82) is 0 Å². The fourth-order valence-electron chi connectivity index (χ4n) is 8.56. The first kappa shape index (κ1) is 31.9. The smallest absolute Gasteiger partial charge is 0.0900 e. The van der Waals surface area contributed by atoms with E-state index in [4.69, 9.17) is 15.0 Å². The van der Waals surface area contributed by atoms with Crippen LogP contribution in [0.15, 0.2) is 194 Å². The second-order valence-electron chi connectivity index (χ2n) is 14.1. The van der Waals surface area contributed by atoms with Gasteiger partial charge in [-0.2, -0.15) is 0 Å². The van der Waals surface area contributed by atoms with Crippen LogP contribution in [0.1, 0.15) is 0 Å². The topological polar surface area (TPSA) is 51.6 Å². The molecular formula is C52H32N4. The minimum Gasteiger partial charge on any atom is -0.255 e. The van der Waals surface area contributed by atoms with Crippen LogP contribution >= 0.6 is 0 Å². The van der Waals surface area contributed by atoms with Crippen LogP contribution in [0.25, 0.3) is 111 Å². The maximum absolute atomic E-state index is 5.17. The van der Waals surface area contributed by atoms with Gasteiger partial charge in [0, 0.05) is 12.4 Å². The van der Waals surface area contributed by atoms with E-state index in [-0.39, 0.29) is 0 Å². The summed E-state index contributed by atoms with van der Waals surface area (Å²) in [6.07, 6.45) is 3.61. The molecule has 4 nitrogen and oxygen atoms in total. The van der Waals surface area contributed by atoms with Crippen molar-refractivity contribution in [3.63, 3.8) is 0 Å². The molecule has 0 saturated heterocycles. The van der Waals surface area contributed by atoms with Crippen LogP contribution < -0.4 is 0 Å². The van der Waals surface area contributed by atoms with Crippen molar-refractivity contribution in [2.45, 2.75) is 0 Å². The number of hydrogen-bond acceptors (Lipinski definition) is 4. The first-order valence-corrected chi connectivity index (χ1v) is 18.9. The average molecular weight is 713 g/mol. The zero-order valence-corrected chi connectivity index (χ0v) is 30.3. The van der Waals surface area contributed by atoms with Gasteiger partial charge >= 0.3 is 0 Å². The van der Waals surface area contributed by atoms with Gasteiger partial charge in [-0.1, -0.05) is 133 Å². The highest BCUT2D eigenvalue weighted by atomic mass is 14.8. The third-order valence-corrected chi connectivity index (χ3v) is 10.9. The van der Waals surface area contributed by atoms with E-state index in [9.17, 15) is 0 Å². The molecule has 0 fully saturated rings. The quantitative estimate of drug-likeness (QED) is 0.172. The van der Waals surface area contributed by atoms with Gasteiger partial charge in [0.05, 0.1) is 34.2 Å². The van der Waals surface area contributed by atoms with Gasteiger partial charge in [-0.3, -0.25) is 9.97 Å². The van der Waals surface area contributed by atoms with Gasteiger partial charge in [-0.15, -0.1) is 0 Å². The van der Waals surface area contributed by atoms with Gasteiger partial charge in [-0.05, 0) is 126 Å². The molecule has 0 radical (unpaired) electrons. The molecule has 0 bridgehead atoms. The molecule has 0 aliphatic heterocycles. The number of hydrogen-bond donors (Lipinski definition) is 0. The van der Waals surface area contributed by atoms with Gasteiger partial charge in [-0.25, -0.2) is 9.97 Å². The summed E-state index contributed by atoms with van der Waals surface area (Å²) in [7, 11) is 0. The molecule has 0 spiro atoms. The molecule has 0 amide bonds. The summed E-state index contributed by atoms with van der Waals surface area (Å²) in [5.74, 6) is 0. The van der Waals surface area contributed by atoms with Gasteiger partial charge < -0.3 is 0 Å². The number of rotatable bonds is 6. The van der Waals surface area contributed by atoms with Crippen LogP contribution in [0.5, 0.6) is 0 Å². The van der Waals surface area contributed by atoms with Crippen molar-refractivity contribution in [3.05, 3.63) is 194 Å². The Labute approximate surface area is 324 Å². The van der Waals surface area contributed by atoms with Gasteiger partial charge in [0.2, 0.25) is 0 Å². The Morgan fingerprint density at radius 1 is 0.268 bits per heavy atom. The summed E-state index contributed by atoms with van der Waals surface area (Å²) in [5, 5.41) is 4.95. The number of aromatic nitrogens is 4. The van der Waals surface area contributed by atoms with Crippen molar-refractivity contribution in [3.8, 4) is 89.8 Å². The third kappa shape index (κ3) is 5.15. The van der Waals surface area contributed by atoms with E-state index in [1.54, 1.807) is 6.20 Å². The molecule has 0 N–H and O–H groups in total. The summed E-state index contributed by atoms with van der Waals surface area (Å²) < 4.78 is 0. The van der Waals surface area contributed by atoms with Crippen LogP contribution in [0.4, 0.5) is 0 Å². The molecule has 4 aromatic heterocycles. The molecular weight excluding hydrogens is 681 g/mol. The molecule has 56 heavy (non-hydrogen) atoms. The Morgan fingerprint density at radius 2 is 0.714 bits per heavy atom. The van der Waals surface area contributed by atoms with Crippen molar-refractivity contribution >= 4 is 21.5 Å². The zero-order chi connectivity index (χ0) is 37.0. The van der Waals surface area contributed by atoms with E-state index in [0.717, 1.165) is 45.3 Å². The van der Waals surface area contributed by atoms with Gasteiger partial charge in [0.15, 0.2) is 0 Å². The Bertz CT molecular complexity index is 3010. The van der Waals surface area contributed by atoms with Crippen molar-refractivity contribution < 1.29 is 0 Å². The van der Waals surface area contributed by atoms with Crippen LogP contribution in [0.2, 0.25) is 0 Å². The second kappa shape index (κ2) is 13.1. The van der Waals surface area contributed by atoms with E-state index >= 15 is 0 Å². The van der Waals surface area contributed by atoms with E-state index in [1.165, 1.54) is 66.1 Å². The number of benzene rings is 6. The molecule has 10 aromatic rings. The molecule has 11 rings (SSSR count). The normalized spacial score (nSPS) is 11.6. The third-order valence-electron chi connectivity index (χ3n) is 10.9. The van der Waals surface area contributed by atoms with Crippen LogP contribution in [-0.2, 0) is 0 Å². The molecule has 0 unspecified atom stereocenters. The van der Waals surface area contributed by atoms with Gasteiger partial charge in [0.25, 0.3) is 0 Å². The number of nitrogens with zero attached hydrogens (tertiary/aromatic N) is 4. The first-order chi connectivity index (χ1) is 27.8. The lowest BCUT2D eigenvalue weighted by molar-refractivity contribution is 1.20. The van der Waals surface area contributed by atoms with Crippen LogP contribution in [-0.4, -0.2) is 19.9 Å². The fourth-order valence-corrected chi connectivity index (χ4v) is 8.56. The summed E-state index contributed by atoms with van der Waals surface area (Å²) >= 11 is 0. The molecule has 6 aromatic carbocycles. The molecule has 260 valence electrons. The fraction of sp³-hybridized carbons (Fsp3) is 0. The Kier molecular flexibility index (Phi) is 7.46. The summed E-state index contributed by atoms with van der Waals surface area (Å²) in [4.78, 5) is 19.5. The maximum atomic E-state index is 5.17. The van der Waals surface area contributed by atoms with Crippen LogP contribution in [0.3, 0.4) is 0 Å². The molecule has 0 atom stereocenters. The SMILES string of the molecule is c1ccc(-c2c3c(c(-c4ccccc4)c4ccccc24)-c2ccc(-c4cc(-c5ccccn5)nc(-c5cccc(-c6ccccn6)n5)c4)c4cccc-3c24)cc1. The summed E-state index contributed by atoms with van der Waals surface area (Å²) in [6.45, 7) is 0. The predicted molar refractivity (Wildman–Crippen MR) is 230 cm³/mol. The second-order valence-corrected chi connectivity index (χ2v) is 14.1. The number of fused-ring (bicyclic) bond motifs is 4. The maximum Gasteiger partial charge on any atom is 0.0900 e. The average Bonchev–Trinajstić information content (AvgIpc) is 3.61. The molecule has 4 heterocycles.